The Morgan fingerprint density at radius 1 is 1.13 bits per heavy atom. The molecule has 2 aliphatic carbocycles. The van der Waals surface area contributed by atoms with Crippen LogP contribution in [-0.2, 0) is 16.0 Å². The van der Waals surface area contributed by atoms with Gasteiger partial charge in [-0.25, -0.2) is 0 Å². The summed E-state index contributed by atoms with van der Waals surface area (Å²) in [6, 6.07) is 12.6. The van der Waals surface area contributed by atoms with Crippen LogP contribution in [-0.4, -0.2) is 36.3 Å². The van der Waals surface area contributed by atoms with Gasteiger partial charge >= 0.3 is 0 Å². The van der Waals surface area contributed by atoms with Crippen molar-refractivity contribution in [2.45, 2.75) is 45.4 Å². The summed E-state index contributed by atoms with van der Waals surface area (Å²) in [7, 11) is 0. The molecule has 5 heteroatoms. The Balaban J connectivity index is 1.39. The van der Waals surface area contributed by atoms with E-state index in [2.05, 4.69) is 47.1 Å². The highest BCUT2D eigenvalue weighted by Gasteiger charge is 2.57. The van der Waals surface area contributed by atoms with Crippen molar-refractivity contribution in [1.29, 1.82) is 0 Å². The van der Waals surface area contributed by atoms with Crippen LogP contribution in [0, 0.1) is 23.2 Å². The Morgan fingerprint density at radius 2 is 1.90 bits per heavy atom. The fraction of sp³-hybridized carbons (Fsp3) is 0.538. The number of rotatable bonds is 6. The monoisotopic (exact) mass is 436 g/mol. The summed E-state index contributed by atoms with van der Waals surface area (Å²) in [5, 5.41) is 5.18. The topological polar surface area (TPSA) is 49.4 Å². The summed E-state index contributed by atoms with van der Waals surface area (Å²) < 4.78 is 0. The first-order valence-electron chi connectivity index (χ1n) is 11.8. The molecule has 3 aliphatic rings. The molecule has 2 saturated carbocycles. The lowest BCUT2D eigenvalue weighted by atomic mass is 9.78. The van der Waals surface area contributed by atoms with E-state index in [4.69, 9.17) is 0 Å². The van der Waals surface area contributed by atoms with Crippen molar-refractivity contribution in [2.75, 3.05) is 19.6 Å². The number of carbonyl (C=O) groups excluding carboxylic acids is 2. The van der Waals surface area contributed by atoms with Crippen LogP contribution < -0.4 is 5.32 Å². The number of hydrogen-bond acceptors (Lipinski definition) is 3. The van der Waals surface area contributed by atoms with Gasteiger partial charge in [-0.3, -0.25) is 9.59 Å². The van der Waals surface area contributed by atoms with Crippen LogP contribution in [0.25, 0.3) is 10.4 Å². The van der Waals surface area contributed by atoms with Crippen LogP contribution in [0.1, 0.15) is 44.6 Å². The number of benzene rings is 1. The number of thiophene rings is 1. The zero-order chi connectivity index (χ0) is 21.4. The Bertz CT molecular complexity index is 944. The number of amides is 2. The normalized spacial score (nSPS) is 29.5. The minimum absolute atomic E-state index is 0.0968. The van der Waals surface area contributed by atoms with Gasteiger partial charge in [0, 0.05) is 30.4 Å². The lowest BCUT2D eigenvalue weighted by Gasteiger charge is -2.29. The van der Waals surface area contributed by atoms with Crippen molar-refractivity contribution in [3.63, 3.8) is 0 Å². The maximum absolute atomic E-state index is 13.3. The van der Waals surface area contributed by atoms with E-state index in [-0.39, 0.29) is 11.8 Å². The molecule has 0 radical (unpaired) electrons. The zero-order valence-corrected chi connectivity index (χ0v) is 19.1. The Labute approximate surface area is 189 Å². The average molecular weight is 437 g/mol. The predicted octanol–water partition coefficient (Wildman–Crippen LogP) is 4.75. The second-order valence-corrected chi connectivity index (χ2v) is 10.5. The second-order valence-electron chi connectivity index (χ2n) is 9.60. The van der Waals surface area contributed by atoms with Gasteiger partial charge in [0.2, 0.25) is 11.8 Å². The molecular weight excluding hydrogens is 404 g/mol. The summed E-state index contributed by atoms with van der Waals surface area (Å²) >= 11 is 1.73. The van der Waals surface area contributed by atoms with Crippen LogP contribution in [0.5, 0.6) is 0 Å². The number of hydrogen-bond donors (Lipinski definition) is 1. The summed E-state index contributed by atoms with van der Waals surface area (Å²) in [6.07, 6.45) is 6.38. The minimum Gasteiger partial charge on any atom is -0.356 e. The van der Waals surface area contributed by atoms with Gasteiger partial charge in [0.05, 0.1) is 5.41 Å². The number of fused-ring (bicyclic) bond motifs is 1. The van der Waals surface area contributed by atoms with Crippen LogP contribution in [0.15, 0.2) is 41.8 Å². The molecule has 1 aromatic heterocycles. The van der Waals surface area contributed by atoms with Crippen LogP contribution >= 0.6 is 11.3 Å². The van der Waals surface area contributed by atoms with Crippen molar-refractivity contribution in [1.82, 2.24) is 10.2 Å². The summed E-state index contributed by atoms with van der Waals surface area (Å²) in [6.45, 7) is 3.84. The maximum atomic E-state index is 13.3. The first-order chi connectivity index (χ1) is 15.1. The number of likely N-dealkylation sites (tertiary alicyclic amines) is 1. The molecule has 2 heterocycles. The molecule has 3 fully saturated rings. The minimum atomic E-state index is -0.543. The van der Waals surface area contributed by atoms with Gasteiger partial charge in [-0.05, 0) is 67.0 Å². The lowest BCUT2D eigenvalue weighted by Crippen LogP contribution is -2.45. The molecule has 1 aromatic carbocycles. The Kier molecular flexibility index (Phi) is 5.63. The van der Waals surface area contributed by atoms with Gasteiger partial charge in [-0.15, -0.1) is 11.3 Å². The van der Waals surface area contributed by atoms with Crippen LogP contribution in [0.2, 0.25) is 0 Å². The highest BCUT2D eigenvalue weighted by Crippen LogP contribution is 2.56. The molecule has 0 bridgehead atoms. The fourth-order valence-corrected chi connectivity index (χ4v) is 6.89. The first-order valence-corrected chi connectivity index (χ1v) is 12.7. The van der Waals surface area contributed by atoms with Gasteiger partial charge in [0.1, 0.15) is 0 Å². The molecule has 0 spiro atoms. The van der Waals surface area contributed by atoms with Crippen LogP contribution in [0.3, 0.4) is 0 Å². The molecule has 2 aromatic rings. The van der Waals surface area contributed by atoms with E-state index in [0.29, 0.717) is 43.8 Å². The first kappa shape index (κ1) is 20.7. The third-order valence-corrected chi connectivity index (χ3v) is 8.66. The maximum Gasteiger partial charge on any atom is 0.228 e. The highest BCUT2D eigenvalue weighted by atomic mass is 32.1. The van der Waals surface area contributed by atoms with E-state index < -0.39 is 5.41 Å². The van der Waals surface area contributed by atoms with Gasteiger partial charge in [-0.1, -0.05) is 43.2 Å². The number of nitrogens with zero attached hydrogens (tertiary/aromatic N) is 1. The molecule has 31 heavy (non-hydrogen) atoms. The van der Waals surface area contributed by atoms with E-state index in [1.165, 1.54) is 41.7 Å². The average Bonchev–Trinajstić information content (AvgIpc) is 3.10. The molecule has 0 unspecified atom stereocenters. The third-order valence-electron chi connectivity index (χ3n) is 7.76. The van der Waals surface area contributed by atoms with E-state index >= 15 is 0 Å². The molecule has 164 valence electrons. The number of nitrogens with one attached hydrogen (secondary N) is 1. The largest absolute Gasteiger partial charge is 0.356 e. The van der Waals surface area contributed by atoms with E-state index in [1.807, 2.05) is 11.8 Å². The van der Waals surface area contributed by atoms with Crippen molar-refractivity contribution in [2.24, 2.45) is 23.2 Å². The third kappa shape index (κ3) is 3.82. The van der Waals surface area contributed by atoms with Crippen molar-refractivity contribution >= 4 is 23.2 Å². The van der Waals surface area contributed by atoms with E-state index in [0.717, 1.165) is 6.42 Å². The Morgan fingerprint density at radius 3 is 2.61 bits per heavy atom. The molecule has 1 saturated heterocycles. The molecular formula is C26H32N2O2S. The second kappa shape index (κ2) is 8.42. The molecule has 3 atom stereocenters. The molecule has 2 amide bonds. The van der Waals surface area contributed by atoms with Gasteiger partial charge < -0.3 is 10.2 Å². The van der Waals surface area contributed by atoms with Gasteiger partial charge in [0.25, 0.3) is 0 Å². The molecule has 1 aliphatic heterocycles. The predicted molar refractivity (Wildman–Crippen MR) is 125 cm³/mol. The zero-order valence-electron chi connectivity index (χ0n) is 18.3. The highest BCUT2D eigenvalue weighted by molar-refractivity contribution is 7.13. The van der Waals surface area contributed by atoms with Crippen molar-refractivity contribution < 1.29 is 9.59 Å². The summed E-state index contributed by atoms with van der Waals surface area (Å²) in [5.41, 5.74) is 1.86. The van der Waals surface area contributed by atoms with Gasteiger partial charge in [-0.2, -0.15) is 0 Å². The Hall–Kier alpha value is -2.14. The number of carbonyl (C=O) groups is 2. The standard InChI is InChI=1S/C26H32N2O2S/c1-2-27-25(30)26(16-18-8-3-4-9-19(18)22-12-7-15-31-22)13-14-28(17-26)24(29)23-20-10-5-6-11-21(20)23/h3-4,7-9,12,15,20-21,23H,2,5-6,10-11,13-14,16-17H2,1H3,(H,27,30)/t20-,21-,26+/m1/s1. The van der Waals surface area contributed by atoms with Crippen molar-refractivity contribution in [3.8, 4) is 10.4 Å². The van der Waals surface area contributed by atoms with Gasteiger partial charge in [0.15, 0.2) is 0 Å². The lowest BCUT2D eigenvalue weighted by molar-refractivity contribution is -0.134. The van der Waals surface area contributed by atoms with Crippen LogP contribution in [0.4, 0.5) is 0 Å². The molecule has 4 nitrogen and oxygen atoms in total. The summed E-state index contributed by atoms with van der Waals surface area (Å²) in [4.78, 5) is 29.9. The molecule has 5 rings (SSSR count). The molecule has 1 N–H and O–H groups in total. The fourth-order valence-electron chi connectivity index (χ4n) is 6.10. The van der Waals surface area contributed by atoms with Crippen molar-refractivity contribution in [3.05, 3.63) is 47.3 Å². The van der Waals surface area contributed by atoms with E-state index in [1.54, 1.807) is 11.3 Å². The SMILES string of the molecule is CCNC(=O)[C@]1(Cc2ccccc2-c2cccs2)CCN(C(=O)C2[C@@H]3CCCC[C@@H]23)C1. The smallest absolute Gasteiger partial charge is 0.228 e. The quantitative estimate of drug-likeness (QED) is 0.710. The van der Waals surface area contributed by atoms with E-state index in [9.17, 15) is 9.59 Å². The summed E-state index contributed by atoms with van der Waals surface area (Å²) in [5.74, 6) is 1.86.